The van der Waals surface area contributed by atoms with E-state index in [1.807, 2.05) is 13.8 Å². The van der Waals surface area contributed by atoms with Gasteiger partial charge in [0.2, 0.25) is 11.6 Å². The monoisotopic (exact) mass is 694 g/mol. The SMILES string of the molecule is CCCCOc1noc2c1C(=O)[C@@]1(O)C(=O)C3=C(O)c4c(c(F)c(C(OC)OC)c(Br)c4OCCCC)C[C@H]3C[C@H]1[C@@H]2N(C)C. The summed E-state index contributed by atoms with van der Waals surface area (Å²) in [5.74, 6) is -4.54. The zero-order valence-electron chi connectivity index (χ0n) is 26.4. The molecule has 5 rings (SSSR count). The average Bonchev–Trinajstić information content (AvgIpc) is 3.42. The Hall–Kier alpha value is -2.84. The van der Waals surface area contributed by atoms with E-state index in [1.54, 1.807) is 19.0 Å². The molecule has 1 aromatic carbocycles. The molecule has 45 heavy (non-hydrogen) atoms. The summed E-state index contributed by atoms with van der Waals surface area (Å²) >= 11 is 3.44. The first-order valence-corrected chi connectivity index (χ1v) is 16.0. The van der Waals surface area contributed by atoms with E-state index in [1.165, 1.54) is 14.2 Å². The van der Waals surface area contributed by atoms with Crippen LogP contribution in [0.2, 0.25) is 0 Å². The van der Waals surface area contributed by atoms with Gasteiger partial charge in [-0.05, 0) is 66.8 Å². The number of fused-ring (bicyclic) bond motifs is 4. The first-order valence-electron chi connectivity index (χ1n) is 15.3. The summed E-state index contributed by atoms with van der Waals surface area (Å²) in [5, 5.41) is 28.0. The summed E-state index contributed by atoms with van der Waals surface area (Å²) in [6, 6.07) is -0.739. The molecule has 2 N–H and O–H groups in total. The summed E-state index contributed by atoms with van der Waals surface area (Å²) in [7, 11) is 6.25. The molecule has 1 aromatic heterocycles. The van der Waals surface area contributed by atoms with Gasteiger partial charge in [-0.1, -0.05) is 26.7 Å². The van der Waals surface area contributed by atoms with Crippen molar-refractivity contribution in [3.05, 3.63) is 43.9 Å². The molecule has 13 heteroatoms. The number of benzene rings is 1. The number of methoxy groups -OCH3 is 2. The molecule has 11 nitrogen and oxygen atoms in total. The van der Waals surface area contributed by atoms with Crippen LogP contribution in [-0.4, -0.2) is 79.0 Å². The summed E-state index contributed by atoms with van der Waals surface area (Å²) in [6.45, 7) is 4.50. The molecule has 2 aromatic rings. The van der Waals surface area contributed by atoms with E-state index in [9.17, 15) is 19.8 Å². The van der Waals surface area contributed by atoms with Crippen molar-refractivity contribution in [1.29, 1.82) is 0 Å². The van der Waals surface area contributed by atoms with Gasteiger partial charge >= 0.3 is 0 Å². The van der Waals surface area contributed by atoms with E-state index in [-0.39, 0.29) is 75.7 Å². The maximum Gasteiger partial charge on any atom is 0.265 e. The molecule has 0 saturated heterocycles. The molecule has 0 spiro atoms. The van der Waals surface area contributed by atoms with Gasteiger partial charge in [-0.25, -0.2) is 4.39 Å². The molecule has 3 aliphatic rings. The lowest BCUT2D eigenvalue weighted by molar-refractivity contribution is -0.142. The predicted octanol–water partition coefficient (Wildman–Crippen LogP) is 5.49. The third kappa shape index (κ3) is 5.20. The Morgan fingerprint density at radius 1 is 1.09 bits per heavy atom. The molecule has 0 aliphatic heterocycles. The normalized spacial score (nSPS) is 24.1. The van der Waals surface area contributed by atoms with Crippen molar-refractivity contribution < 1.29 is 47.7 Å². The van der Waals surface area contributed by atoms with Crippen LogP contribution in [0.3, 0.4) is 0 Å². The fraction of sp³-hybridized carbons (Fsp3) is 0.594. The fourth-order valence-corrected chi connectivity index (χ4v) is 7.57. The van der Waals surface area contributed by atoms with Crippen LogP contribution in [0.4, 0.5) is 4.39 Å². The van der Waals surface area contributed by atoms with Crippen molar-refractivity contribution in [2.24, 2.45) is 11.8 Å². The number of unbranched alkanes of at least 4 members (excludes halogenated alkanes) is 2. The number of nitrogens with zero attached hydrogens (tertiary/aromatic N) is 2. The van der Waals surface area contributed by atoms with Crippen molar-refractivity contribution in [3.8, 4) is 11.6 Å². The van der Waals surface area contributed by atoms with Crippen LogP contribution in [0.1, 0.15) is 91.1 Å². The Morgan fingerprint density at radius 2 is 1.73 bits per heavy atom. The number of hydrogen-bond acceptors (Lipinski definition) is 11. The van der Waals surface area contributed by atoms with Gasteiger partial charge in [-0.2, -0.15) is 0 Å². The number of aliphatic hydroxyl groups excluding tert-OH is 1. The standard InChI is InChI=1S/C32H40BrFN2O9/c1-7-9-11-43-26-19-16(23(34)20(22(26)33)31(41-5)42-6)13-15-14-17-24(36(3)4)27-21(30(35-45-27)44-12-10-8-2)29(39)32(17,40)28(38)18(15)25(19)37/h15,17,24,31,37,40H,7-14H2,1-6H3/t15-,17-,24-,32-/m0/s1. The first kappa shape index (κ1) is 33.5. The molecule has 1 fully saturated rings. The Labute approximate surface area is 269 Å². The minimum atomic E-state index is -2.55. The van der Waals surface area contributed by atoms with Crippen LogP contribution in [0, 0.1) is 17.7 Å². The second-order valence-electron chi connectivity index (χ2n) is 12.0. The van der Waals surface area contributed by atoms with Gasteiger partial charge in [0, 0.05) is 31.3 Å². The molecule has 1 saturated carbocycles. The van der Waals surface area contributed by atoms with Crippen molar-refractivity contribution in [2.75, 3.05) is 41.5 Å². The highest BCUT2D eigenvalue weighted by atomic mass is 79.9. The number of ketones is 2. The summed E-state index contributed by atoms with van der Waals surface area (Å²) in [6.07, 6.45) is 2.01. The minimum Gasteiger partial charge on any atom is -0.507 e. The van der Waals surface area contributed by atoms with Crippen molar-refractivity contribution in [3.63, 3.8) is 0 Å². The number of carbonyl (C=O) groups is 2. The Balaban J connectivity index is 1.69. The van der Waals surface area contributed by atoms with Crippen LogP contribution in [-0.2, 0) is 20.7 Å². The molecule has 0 unspecified atom stereocenters. The smallest absolute Gasteiger partial charge is 0.265 e. The number of Topliss-reactive ketones (excluding diaryl/α,β-unsaturated/α-hetero) is 2. The van der Waals surface area contributed by atoms with Gasteiger partial charge in [0.15, 0.2) is 17.7 Å². The highest BCUT2D eigenvalue weighted by Crippen LogP contribution is 2.57. The minimum absolute atomic E-state index is 0.00601. The van der Waals surface area contributed by atoms with E-state index in [4.69, 9.17) is 23.5 Å². The maximum absolute atomic E-state index is 16.4. The van der Waals surface area contributed by atoms with E-state index >= 15 is 4.39 Å². The summed E-state index contributed by atoms with van der Waals surface area (Å²) in [5.41, 5.74) is -2.61. The van der Waals surface area contributed by atoms with Gasteiger partial charge in [-0.3, -0.25) is 14.5 Å². The molecule has 0 radical (unpaired) electrons. The Kier molecular flexibility index (Phi) is 9.77. The third-order valence-corrected chi connectivity index (χ3v) is 9.88. The summed E-state index contributed by atoms with van der Waals surface area (Å²) in [4.78, 5) is 30.3. The van der Waals surface area contributed by atoms with Gasteiger partial charge < -0.3 is 33.7 Å². The van der Waals surface area contributed by atoms with Crippen LogP contribution in [0.15, 0.2) is 14.6 Å². The zero-order chi connectivity index (χ0) is 32.8. The van der Waals surface area contributed by atoms with E-state index in [0.29, 0.717) is 12.8 Å². The lowest BCUT2D eigenvalue weighted by Gasteiger charge is -2.49. The molecule has 4 atom stereocenters. The Morgan fingerprint density at radius 3 is 2.33 bits per heavy atom. The number of ether oxygens (including phenoxy) is 4. The first-order chi connectivity index (χ1) is 21.5. The van der Waals surface area contributed by atoms with Crippen LogP contribution in [0.25, 0.3) is 5.76 Å². The van der Waals surface area contributed by atoms with Crippen molar-refractivity contribution >= 4 is 33.3 Å². The number of hydrogen-bond donors (Lipinski definition) is 2. The van der Waals surface area contributed by atoms with Crippen molar-refractivity contribution in [1.82, 2.24) is 10.1 Å². The zero-order valence-corrected chi connectivity index (χ0v) is 28.0. The molecule has 0 bridgehead atoms. The second-order valence-corrected chi connectivity index (χ2v) is 12.8. The molecule has 3 aliphatic carbocycles. The van der Waals surface area contributed by atoms with Crippen LogP contribution < -0.4 is 9.47 Å². The van der Waals surface area contributed by atoms with Crippen LogP contribution in [0.5, 0.6) is 11.6 Å². The van der Waals surface area contributed by atoms with Gasteiger partial charge in [-0.15, -0.1) is 0 Å². The van der Waals surface area contributed by atoms with Gasteiger partial charge in [0.1, 0.15) is 22.9 Å². The summed E-state index contributed by atoms with van der Waals surface area (Å²) < 4.78 is 44.8. The largest absolute Gasteiger partial charge is 0.507 e. The van der Waals surface area contributed by atoms with Gasteiger partial charge in [0.25, 0.3) is 5.88 Å². The highest BCUT2D eigenvalue weighted by molar-refractivity contribution is 9.10. The number of rotatable bonds is 12. The Bertz CT molecular complexity index is 1520. The predicted molar refractivity (Wildman–Crippen MR) is 164 cm³/mol. The molecule has 0 amide bonds. The lowest BCUT2D eigenvalue weighted by Crippen LogP contribution is -2.63. The topological polar surface area (TPSA) is 141 Å². The molecular weight excluding hydrogens is 655 g/mol. The van der Waals surface area contributed by atoms with Crippen molar-refractivity contribution in [2.45, 2.75) is 70.3 Å². The van der Waals surface area contributed by atoms with E-state index in [0.717, 1.165) is 12.8 Å². The fourth-order valence-electron chi connectivity index (χ4n) is 6.90. The number of aliphatic hydroxyl groups is 2. The number of carbonyl (C=O) groups excluding carboxylic acids is 2. The van der Waals surface area contributed by atoms with Gasteiger partial charge in [0.05, 0.1) is 34.9 Å². The number of aromatic nitrogens is 1. The lowest BCUT2D eigenvalue weighted by atomic mass is 9.57. The van der Waals surface area contributed by atoms with E-state index < -0.39 is 52.9 Å². The average molecular weight is 696 g/mol. The highest BCUT2D eigenvalue weighted by Gasteiger charge is 2.65. The quantitative estimate of drug-likeness (QED) is 0.166. The second kappa shape index (κ2) is 13.1. The molecule has 246 valence electrons. The maximum atomic E-state index is 16.4. The third-order valence-electron chi connectivity index (χ3n) is 9.09. The number of halogens is 2. The van der Waals surface area contributed by atoms with Crippen LogP contribution >= 0.6 is 15.9 Å². The molecule has 1 heterocycles. The van der Waals surface area contributed by atoms with E-state index in [2.05, 4.69) is 21.1 Å². The molecular formula is C32H40BrFN2O9.